The van der Waals surface area contributed by atoms with Crippen molar-refractivity contribution in [2.75, 3.05) is 13.1 Å². The van der Waals surface area contributed by atoms with Gasteiger partial charge >= 0.3 is 0 Å². The first kappa shape index (κ1) is 14.2. The first-order valence-electron chi connectivity index (χ1n) is 7.19. The van der Waals surface area contributed by atoms with E-state index in [4.69, 9.17) is 5.26 Å². The second-order valence-corrected chi connectivity index (χ2v) is 9.04. The van der Waals surface area contributed by atoms with Gasteiger partial charge in [0, 0.05) is 29.9 Å². The van der Waals surface area contributed by atoms with Crippen LogP contribution in [0.3, 0.4) is 0 Å². The summed E-state index contributed by atoms with van der Waals surface area (Å²) in [7, 11) is -3.45. The van der Waals surface area contributed by atoms with Gasteiger partial charge in [0.15, 0.2) is 0 Å². The van der Waals surface area contributed by atoms with Crippen LogP contribution in [0, 0.1) is 18.3 Å². The SMILES string of the molecule is Cc1c(S(=O)(=O)N2C[C@@H]3C[C@H]2CN3)sc2ccc(C#N)cc12. The summed E-state index contributed by atoms with van der Waals surface area (Å²) < 4.78 is 29.0. The summed E-state index contributed by atoms with van der Waals surface area (Å²) in [5.74, 6) is 0. The van der Waals surface area contributed by atoms with Gasteiger partial charge in [0.05, 0.1) is 11.6 Å². The van der Waals surface area contributed by atoms with E-state index in [-0.39, 0.29) is 6.04 Å². The van der Waals surface area contributed by atoms with Gasteiger partial charge in [-0.3, -0.25) is 0 Å². The quantitative estimate of drug-likeness (QED) is 0.910. The van der Waals surface area contributed by atoms with Crippen molar-refractivity contribution in [1.29, 1.82) is 5.26 Å². The van der Waals surface area contributed by atoms with Crippen molar-refractivity contribution < 1.29 is 8.42 Å². The van der Waals surface area contributed by atoms with Crippen LogP contribution in [0.5, 0.6) is 0 Å². The maximum atomic E-state index is 13.0. The molecule has 114 valence electrons. The summed E-state index contributed by atoms with van der Waals surface area (Å²) in [4.78, 5) is 0. The molecule has 0 amide bonds. The third-order valence-electron chi connectivity index (χ3n) is 4.57. The van der Waals surface area contributed by atoms with E-state index in [0.717, 1.165) is 28.6 Å². The number of nitriles is 1. The molecule has 0 unspecified atom stereocenters. The van der Waals surface area contributed by atoms with Crippen LogP contribution in [-0.2, 0) is 10.0 Å². The monoisotopic (exact) mass is 333 g/mol. The van der Waals surface area contributed by atoms with Crippen molar-refractivity contribution in [2.24, 2.45) is 0 Å². The summed E-state index contributed by atoms with van der Waals surface area (Å²) in [5.41, 5.74) is 1.31. The highest BCUT2D eigenvalue weighted by Crippen LogP contribution is 2.38. The zero-order valence-corrected chi connectivity index (χ0v) is 13.7. The number of aryl methyl sites for hydroxylation is 1. The third kappa shape index (κ3) is 1.92. The molecule has 0 saturated carbocycles. The second-order valence-electron chi connectivity index (χ2n) is 5.91. The summed E-state index contributed by atoms with van der Waals surface area (Å²) in [6.45, 7) is 3.13. The summed E-state index contributed by atoms with van der Waals surface area (Å²) in [6, 6.07) is 7.82. The molecule has 0 radical (unpaired) electrons. The predicted molar refractivity (Wildman–Crippen MR) is 85.4 cm³/mol. The number of benzene rings is 1. The summed E-state index contributed by atoms with van der Waals surface area (Å²) >= 11 is 1.30. The van der Waals surface area contributed by atoms with Crippen LogP contribution >= 0.6 is 11.3 Å². The van der Waals surface area contributed by atoms with Gasteiger partial charge in [-0.15, -0.1) is 11.3 Å². The Kier molecular flexibility index (Phi) is 3.07. The lowest BCUT2D eigenvalue weighted by Crippen LogP contribution is -2.46. The van der Waals surface area contributed by atoms with Gasteiger partial charge in [0.2, 0.25) is 0 Å². The lowest BCUT2D eigenvalue weighted by Gasteiger charge is -2.26. The van der Waals surface area contributed by atoms with E-state index in [1.807, 2.05) is 13.0 Å². The fraction of sp³-hybridized carbons (Fsp3) is 0.400. The Labute approximate surface area is 133 Å². The largest absolute Gasteiger partial charge is 0.311 e. The molecule has 2 saturated heterocycles. The number of piperazine rings is 1. The molecule has 2 atom stereocenters. The van der Waals surface area contributed by atoms with Crippen molar-refractivity contribution in [1.82, 2.24) is 9.62 Å². The standard InChI is InChI=1S/C15H15N3O2S2/c1-9-13-4-10(6-16)2-3-14(13)21-15(9)22(19,20)18-8-11-5-12(18)7-17-11/h2-4,11-12,17H,5,7-8H2,1H3/t11-,12-/m0/s1. The van der Waals surface area contributed by atoms with Crippen LogP contribution in [0.25, 0.3) is 10.1 Å². The van der Waals surface area contributed by atoms with Crippen molar-refractivity contribution in [3.8, 4) is 6.07 Å². The van der Waals surface area contributed by atoms with Crippen molar-refractivity contribution >= 4 is 31.4 Å². The fourth-order valence-electron chi connectivity index (χ4n) is 3.44. The van der Waals surface area contributed by atoms with Crippen LogP contribution in [0.15, 0.2) is 22.4 Å². The fourth-order valence-corrected chi connectivity index (χ4v) is 6.98. The Morgan fingerprint density at radius 1 is 1.45 bits per heavy atom. The molecule has 1 aromatic carbocycles. The van der Waals surface area contributed by atoms with Crippen LogP contribution in [0.1, 0.15) is 17.5 Å². The number of hydrogen-bond donors (Lipinski definition) is 1. The van der Waals surface area contributed by atoms with Gasteiger partial charge in [0.25, 0.3) is 10.0 Å². The molecule has 2 aliphatic rings. The van der Waals surface area contributed by atoms with Gasteiger partial charge in [0.1, 0.15) is 4.21 Å². The molecule has 5 nitrogen and oxygen atoms in total. The lowest BCUT2D eigenvalue weighted by atomic mass is 10.1. The molecule has 2 fully saturated rings. The minimum Gasteiger partial charge on any atom is -0.311 e. The molecular weight excluding hydrogens is 318 g/mol. The Morgan fingerprint density at radius 3 is 2.91 bits per heavy atom. The molecular formula is C15H15N3O2S2. The van der Waals surface area contributed by atoms with Crippen molar-refractivity contribution in [3.63, 3.8) is 0 Å². The van der Waals surface area contributed by atoms with Crippen LogP contribution in [0.4, 0.5) is 0 Å². The number of nitrogens with zero attached hydrogens (tertiary/aromatic N) is 2. The van der Waals surface area contributed by atoms with Crippen molar-refractivity contribution in [3.05, 3.63) is 29.3 Å². The van der Waals surface area contributed by atoms with Gasteiger partial charge in [-0.2, -0.15) is 9.57 Å². The highest BCUT2D eigenvalue weighted by molar-refractivity contribution is 7.91. The van der Waals surface area contributed by atoms with Crippen molar-refractivity contribution in [2.45, 2.75) is 29.6 Å². The highest BCUT2D eigenvalue weighted by Gasteiger charge is 2.45. The number of hydrogen-bond acceptors (Lipinski definition) is 5. The van der Waals surface area contributed by atoms with E-state index in [1.165, 1.54) is 11.3 Å². The summed E-state index contributed by atoms with van der Waals surface area (Å²) in [5, 5.41) is 13.2. The highest BCUT2D eigenvalue weighted by atomic mass is 32.2. The summed E-state index contributed by atoms with van der Waals surface area (Å²) in [6.07, 6.45) is 0.905. The first-order chi connectivity index (χ1) is 10.5. The first-order valence-corrected chi connectivity index (χ1v) is 9.45. The third-order valence-corrected chi connectivity index (χ3v) is 8.36. The molecule has 0 aliphatic carbocycles. The van der Waals surface area contributed by atoms with E-state index in [0.29, 0.717) is 22.4 Å². The van der Waals surface area contributed by atoms with E-state index < -0.39 is 10.0 Å². The Morgan fingerprint density at radius 2 is 2.27 bits per heavy atom. The molecule has 2 bridgehead atoms. The molecule has 0 spiro atoms. The maximum Gasteiger partial charge on any atom is 0.253 e. The van der Waals surface area contributed by atoms with Gasteiger partial charge in [-0.25, -0.2) is 8.42 Å². The zero-order chi connectivity index (χ0) is 15.5. The van der Waals surface area contributed by atoms with E-state index in [9.17, 15) is 8.42 Å². The van der Waals surface area contributed by atoms with Crippen LogP contribution < -0.4 is 5.32 Å². The Hall–Kier alpha value is -1.46. The number of thiophene rings is 1. The van der Waals surface area contributed by atoms with Gasteiger partial charge < -0.3 is 5.32 Å². The molecule has 4 rings (SSSR count). The number of sulfonamides is 1. The van der Waals surface area contributed by atoms with E-state index in [1.54, 1.807) is 16.4 Å². The molecule has 1 N–H and O–H groups in total. The smallest absolute Gasteiger partial charge is 0.253 e. The minimum atomic E-state index is -3.45. The molecule has 22 heavy (non-hydrogen) atoms. The van der Waals surface area contributed by atoms with Crippen LogP contribution in [-0.4, -0.2) is 37.9 Å². The normalized spacial score (nSPS) is 24.9. The minimum absolute atomic E-state index is 0.0780. The topological polar surface area (TPSA) is 73.2 Å². The van der Waals surface area contributed by atoms with Crippen LogP contribution in [0.2, 0.25) is 0 Å². The maximum absolute atomic E-state index is 13.0. The number of nitrogens with one attached hydrogen (secondary N) is 1. The molecule has 7 heteroatoms. The average molecular weight is 333 g/mol. The second kappa shape index (κ2) is 4.77. The Balaban J connectivity index is 1.84. The number of rotatable bonds is 2. The zero-order valence-electron chi connectivity index (χ0n) is 12.0. The molecule has 1 aromatic heterocycles. The molecule has 2 aliphatic heterocycles. The average Bonchev–Trinajstić information content (AvgIpc) is 3.21. The van der Waals surface area contributed by atoms with E-state index >= 15 is 0 Å². The molecule has 2 aromatic rings. The predicted octanol–water partition coefficient (Wildman–Crippen LogP) is 1.82. The Bertz CT molecular complexity index is 911. The van der Waals surface area contributed by atoms with Gasteiger partial charge in [-0.05, 0) is 42.5 Å². The lowest BCUT2D eigenvalue weighted by molar-refractivity contribution is 0.349. The molecule has 3 heterocycles. The number of fused-ring (bicyclic) bond motifs is 3. The van der Waals surface area contributed by atoms with Gasteiger partial charge in [-0.1, -0.05) is 0 Å². The van der Waals surface area contributed by atoms with E-state index in [2.05, 4.69) is 11.4 Å².